The quantitative estimate of drug-likeness (QED) is 0.884. The van der Waals surface area contributed by atoms with E-state index >= 15 is 0 Å². The average molecular weight is 263 g/mol. The summed E-state index contributed by atoms with van der Waals surface area (Å²) >= 11 is 0. The van der Waals surface area contributed by atoms with Crippen LogP contribution >= 0.6 is 0 Å². The summed E-state index contributed by atoms with van der Waals surface area (Å²) < 4.78 is 2.30. The normalized spacial score (nSPS) is 17.3. The molecule has 0 amide bonds. The van der Waals surface area contributed by atoms with E-state index in [1.54, 1.807) is 0 Å². The van der Waals surface area contributed by atoms with Crippen LogP contribution in [0.4, 0.5) is 5.82 Å². The van der Waals surface area contributed by atoms with Crippen molar-refractivity contribution in [2.45, 2.75) is 84.1 Å². The van der Waals surface area contributed by atoms with E-state index < -0.39 is 0 Å². The second-order valence-electron chi connectivity index (χ2n) is 6.89. The first-order valence-corrected chi connectivity index (χ1v) is 7.82. The molecule has 19 heavy (non-hydrogen) atoms. The minimum atomic E-state index is 0.0273. The van der Waals surface area contributed by atoms with E-state index in [-0.39, 0.29) is 5.54 Å². The molecule has 0 spiro atoms. The van der Waals surface area contributed by atoms with Gasteiger partial charge in [0.15, 0.2) is 0 Å². The molecule has 108 valence electrons. The lowest BCUT2D eigenvalue weighted by Crippen LogP contribution is -2.26. The van der Waals surface area contributed by atoms with E-state index in [0.29, 0.717) is 5.92 Å². The third-order valence-corrected chi connectivity index (χ3v) is 4.17. The minimum Gasteiger partial charge on any atom is -0.384 e. The van der Waals surface area contributed by atoms with Crippen molar-refractivity contribution in [3.63, 3.8) is 0 Å². The molecule has 3 heteroatoms. The van der Waals surface area contributed by atoms with Gasteiger partial charge in [-0.25, -0.2) is 4.98 Å². The number of unbranched alkanes of at least 4 members (excludes halogenated alkanes) is 1. The number of nitrogens with zero attached hydrogens (tertiary/aromatic N) is 2. The third kappa shape index (κ3) is 2.96. The van der Waals surface area contributed by atoms with Crippen LogP contribution in [0, 0.1) is 0 Å². The summed E-state index contributed by atoms with van der Waals surface area (Å²) in [6.45, 7) is 8.90. The summed E-state index contributed by atoms with van der Waals surface area (Å²) in [5, 5.41) is 0. The van der Waals surface area contributed by atoms with E-state index in [4.69, 9.17) is 10.7 Å². The summed E-state index contributed by atoms with van der Waals surface area (Å²) in [4.78, 5) is 4.93. The first kappa shape index (κ1) is 14.4. The molecule has 0 unspecified atom stereocenters. The van der Waals surface area contributed by atoms with Gasteiger partial charge in [0, 0.05) is 11.5 Å². The predicted octanol–water partition coefficient (Wildman–Crippen LogP) is 4.22. The Morgan fingerprint density at radius 3 is 2.42 bits per heavy atom. The van der Waals surface area contributed by atoms with Crippen LogP contribution in [-0.2, 0) is 12.0 Å². The molecule has 0 radical (unpaired) electrons. The smallest absolute Gasteiger partial charge is 0.127 e. The van der Waals surface area contributed by atoms with Crippen molar-refractivity contribution < 1.29 is 0 Å². The largest absolute Gasteiger partial charge is 0.384 e. The molecule has 0 aliphatic heterocycles. The van der Waals surface area contributed by atoms with E-state index in [1.165, 1.54) is 44.3 Å². The lowest BCUT2D eigenvalue weighted by Gasteiger charge is -2.27. The number of nitrogens with two attached hydrogens (primary N) is 1. The van der Waals surface area contributed by atoms with E-state index in [9.17, 15) is 0 Å². The summed E-state index contributed by atoms with van der Waals surface area (Å²) in [5.74, 6) is 2.77. The monoisotopic (exact) mass is 263 g/mol. The molecular weight excluding hydrogens is 234 g/mol. The van der Waals surface area contributed by atoms with Crippen LogP contribution in [0.25, 0.3) is 0 Å². The average Bonchev–Trinajstić information content (AvgIpc) is 2.92. The van der Waals surface area contributed by atoms with Gasteiger partial charge in [-0.1, -0.05) is 26.2 Å². The van der Waals surface area contributed by atoms with Gasteiger partial charge in [-0.3, -0.25) is 0 Å². The predicted molar refractivity (Wildman–Crippen MR) is 81.5 cm³/mol. The highest BCUT2D eigenvalue weighted by molar-refractivity contribution is 5.40. The molecule has 0 atom stereocenters. The zero-order valence-electron chi connectivity index (χ0n) is 13.0. The Morgan fingerprint density at radius 1 is 1.26 bits per heavy atom. The first-order valence-electron chi connectivity index (χ1n) is 7.82. The van der Waals surface area contributed by atoms with Gasteiger partial charge in [-0.05, 0) is 46.5 Å². The lowest BCUT2D eigenvalue weighted by atomic mass is 10.0. The zero-order valence-corrected chi connectivity index (χ0v) is 13.0. The Labute approximate surface area is 117 Å². The van der Waals surface area contributed by atoms with Crippen LogP contribution < -0.4 is 5.73 Å². The van der Waals surface area contributed by atoms with E-state index in [1.807, 2.05) is 0 Å². The van der Waals surface area contributed by atoms with Gasteiger partial charge >= 0.3 is 0 Å². The molecule has 1 aliphatic rings. The van der Waals surface area contributed by atoms with Gasteiger partial charge in [0.2, 0.25) is 0 Å². The number of anilines is 1. The lowest BCUT2D eigenvalue weighted by molar-refractivity contribution is 0.377. The van der Waals surface area contributed by atoms with Gasteiger partial charge in [0.05, 0.1) is 5.69 Å². The van der Waals surface area contributed by atoms with Crippen molar-refractivity contribution in [2.24, 2.45) is 0 Å². The van der Waals surface area contributed by atoms with Crippen molar-refractivity contribution in [2.75, 3.05) is 5.73 Å². The standard InChI is InChI=1S/C16H29N3/c1-5-6-11-13-14(17)19(16(2,3)4)15(18-13)12-9-7-8-10-12/h12H,5-11,17H2,1-4H3. The highest BCUT2D eigenvalue weighted by Crippen LogP contribution is 2.38. The van der Waals surface area contributed by atoms with Crippen LogP contribution in [-0.4, -0.2) is 9.55 Å². The maximum Gasteiger partial charge on any atom is 0.127 e. The molecule has 1 heterocycles. The number of rotatable bonds is 4. The molecule has 3 nitrogen and oxygen atoms in total. The summed E-state index contributed by atoms with van der Waals surface area (Å²) in [6.07, 6.45) is 8.62. The second kappa shape index (κ2) is 5.56. The molecule has 1 saturated carbocycles. The Bertz CT molecular complexity index is 420. The molecule has 0 aromatic carbocycles. The molecule has 2 rings (SSSR count). The Morgan fingerprint density at radius 2 is 1.89 bits per heavy atom. The van der Waals surface area contributed by atoms with Crippen molar-refractivity contribution in [3.05, 3.63) is 11.5 Å². The maximum absolute atomic E-state index is 6.40. The van der Waals surface area contributed by atoms with Crippen molar-refractivity contribution in [1.29, 1.82) is 0 Å². The molecule has 2 N–H and O–H groups in total. The van der Waals surface area contributed by atoms with Crippen LogP contribution in [0.2, 0.25) is 0 Å². The highest BCUT2D eigenvalue weighted by atomic mass is 15.2. The molecule has 1 fully saturated rings. The maximum atomic E-state index is 6.40. The van der Waals surface area contributed by atoms with Gasteiger partial charge in [-0.15, -0.1) is 0 Å². The molecule has 1 aromatic heterocycles. The van der Waals surface area contributed by atoms with Crippen LogP contribution in [0.15, 0.2) is 0 Å². The third-order valence-electron chi connectivity index (χ3n) is 4.17. The topological polar surface area (TPSA) is 43.8 Å². The number of aryl methyl sites for hydroxylation is 1. The Balaban J connectivity index is 2.39. The van der Waals surface area contributed by atoms with Crippen LogP contribution in [0.3, 0.4) is 0 Å². The first-order chi connectivity index (χ1) is 8.95. The Kier molecular flexibility index (Phi) is 4.22. The van der Waals surface area contributed by atoms with Crippen LogP contribution in [0.1, 0.15) is 83.7 Å². The van der Waals surface area contributed by atoms with Gasteiger partial charge in [-0.2, -0.15) is 0 Å². The Hall–Kier alpha value is -0.990. The summed E-state index contributed by atoms with van der Waals surface area (Å²) in [6, 6.07) is 0. The van der Waals surface area contributed by atoms with E-state index in [0.717, 1.165) is 17.9 Å². The number of hydrogen-bond acceptors (Lipinski definition) is 2. The van der Waals surface area contributed by atoms with Crippen molar-refractivity contribution in [1.82, 2.24) is 9.55 Å². The number of imidazole rings is 1. The van der Waals surface area contributed by atoms with E-state index in [2.05, 4.69) is 32.3 Å². The highest BCUT2D eigenvalue weighted by Gasteiger charge is 2.29. The fourth-order valence-corrected chi connectivity index (χ4v) is 3.19. The number of nitrogen functional groups attached to an aromatic ring is 1. The molecule has 1 aromatic rings. The molecule has 0 bridgehead atoms. The van der Waals surface area contributed by atoms with Gasteiger partial charge in [0.1, 0.15) is 11.6 Å². The summed E-state index contributed by atoms with van der Waals surface area (Å²) in [7, 11) is 0. The zero-order chi connectivity index (χ0) is 14.0. The number of hydrogen-bond donors (Lipinski definition) is 1. The van der Waals surface area contributed by atoms with Crippen molar-refractivity contribution >= 4 is 5.82 Å². The molecule has 0 saturated heterocycles. The van der Waals surface area contributed by atoms with Crippen molar-refractivity contribution in [3.8, 4) is 0 Å². The SMILES string of the molecule is CCCCc1nc(C2CCCC2)n(C(C)(C)C)c1N. The summed E-state index contributed by atoms with van der Waals surface area (Å²) in [5.41, 5.74) is 7.55. The molecule has 1 aliphatic carbocycles. The van der Waals surface area contributed by atoms with Crippen LogP contribution in [0.5, 0.6) is 0 Å². The van der Waals surface area contributed by atoms with Gasteiger partial charge < -0.3 is 10.3 Å². The fourth-order valence-electron chi connectivity index (χ4n) is 3.19. The number of aromatic nitrogens is 2. The fraction of sp³-hybridized carbons (Fsp3) is 0.812. The minimum absolute atomic E-state index is 0.0273. The van der Waals surface area contributed by atoms with Gasteiger partial charge in [0.25, 0.3) is 0 Å². The molecular formula is C16H29N3. The second-order valence-corrected chi connectivity index (χ2v) is 6.89.